The van der Waals surface area contributed by atoms with Crippen molar-refractivity contribution in [2.24, 2.45) is 5.73 Å². The van der Waals surface area contributed by atoms with E-state index in [2.05, 4.69) is 10.3 Å². The van der Waals surface area contributed by atoms with Crippen LogP contribution in [0.1, 0.15) is 5.69 Å². The zero-order chi connectivity index (χ0) is 13.5. The highest BCUT2D eigenvalue weighted by atomic mass is 16.5. The number of aromatic nitrogens is 3. The second-order valence-electron chi connectivity index (χ2n) is 4.01. The van der Waals surface area contributed by atoms with Gasteiger partial charge in [-0.2, -0.15) is 0 Å². The van der Waals surface area contributed by atoms with Crippen LogP contribution in [-0.4, -0.2) is 35.3 Å². The van der Waals surface area contributed by atoms with Gasteiger partial charge in [-0.15, -0.1) is 5.10 Å². The molecule has 0 fully saturated rings. The summed E-state index contributed by atoms with van der Waals surface area (Å²) in [5.41, 5.74) is 6.36. The Morgan fingerprint density at radius 2 is 2.05 bits per heavy atom. The van der Waals surface area contributed by atoms with Gasteiger partial charge in [-0.25, -0.2) is 4.68 Å². The topological polar surface area (TPSA) is 75.2 Å². The van der Waals surface area contributed by atoms with Crippen molar-refractivity contribution in [2.75, 3.05) is 20.3 Å². The zero-order valence-corrected chi connectivity index (χ0v) is 11.0. The van der Waals surface area contributed by atoms with Gasteiger partial charge in [0, 0.05) is 12.6 Å². The van der Waals surface area contributed by atoms with Crippen molar-refractivity contribution >= 4 is 0 Å². The molecule has 2 rings (SSSR count). The summed E-state index contributed by atoms with van der Waals surface area (Å²) in [4.78, 5) is 0. The van der Waals surface area contributed by atoms with Crippen LogP contribution in [0.4, 0.5) is 0 Å². The van der Waals surface area contributed by atoms with Gasteiger partial charge >= 0.3 is 0 Å². The highest BCUT2D eigenvalue weighted by Crippen LogP contribution is 2.25. The Hall–Kier alpha value is -2.08. The lowest BCUT2D eigenvalue weighted by atomic mass is 10.3. The molecular formula is C13H18N4O2. The summed E-state index contributed by atoms with van der Waals surface area (Å²) in [5, 5.41) is 8.03. The molecule has 0 spiro atoms. The second-order valence-corrected chi connectivity index (χ2v) is 4.01. The number of hydrogen-bond donors (Lipinski definition) is 1. The zero-order valence-electron chi connectivity index (χ0n) is 11.0. The fourth-order valence-corrected chi connectivity index (χ4v) is 1.70. The summed E-state index contributed by atoms with van der Waals surface area (Å²) in [6.07, 6.45) is 2.63. The van der Waals surface area contributed by atoms with E-state index >= 15 is 0 Å². The third kappa shape index (κ3) is 3.69. The minimum absolute atomic E-state index is 0.506. The molecule has 6 nitrogen and oxygen atoms in total. The number of rotatable bonds is 7. The summed E-state index contributed by atoms with van der Waals surface area (Å²) in [6.45, 7) is 1.72. The van der Waals surface area contributed by atoms with Gasteiger partial charge in [-0.3, -0.25) is 0 Å². The first-order valence-corrected chi connectivity index (χ1v) is 6.18. The molecule has 0 saturated heterocycles. The van der Waals surface area contributed by atoms with Crippen LogP contribution in [0.5, 0.6) is 11.5 Å². The minimum atomic E-state index is 0.506. The summed E-state index contributed by atoms with van der Waals surface area (Å²) >= 11 is 0. The van der Waals surface area contributed by atoms with Crippen molar-refractivity contribution in [3.8, 4) is 11.5 Å². The molecule has 1 aromatic heterocycles. The minimum Gasteiger partial charge on any atom is -0.493 e. The highest BCUT2D eigenvalue weighted by Gasteiger charge is 2.03. The maximum absolute atomic E-state index is 5.66. The van der Waals surface area contributed by atoms with Crippen molar-refractivity contribution in [1.82, 2.24) is 15.0 Å². The van der Waals surface area contributed by atoms with Crippen molar-refractivity contribution in [2.45, 2.75) is 13.0 Å². The molecule has 0 unspecified atom stereocenters. The van der Waals surface area contributed by atoms with Crippen molar-refractivity contribution in [1.29, 1.82) is 0 Å². The summed E-state index contributed by atoms with van der Waals surface area (Å²) < 4.78 is 12.6. The number of benzene rings is 1. The molecule has 6 heteroatoms. The maximum atomic E-state index is 5.66. The third-order valence-corrected chi connectivity index (χ3v) is 2.63. The lowest BCUT2D eigenvalue weighted by molar-refractivity contribution is 0.273. The van der Waals surface area contributed by atoms with Crippen LogP contribution in [0, 0.1) is 0 Å². The largest absolute Gasteiger partial charge is 0.493 e. The van der Waals surface area contributed by atoms with E-state index in [0.717, 1.165) is 23.6 Å². The first-order valence-electron chi connectivity index (χ1n) is 6.18. The molecular weight excluding hydrogens is 244 g/mol. The molecule has 0 saturated carbocycles. The van der Waals surface area contributed by atoms with Crippen LogP contribution in [0.25, 0.3) is 0 Å². The van der Waals surface area contributed by atoms with Crippen molar-refractivity contribution < 1.29 is 9.47 Å². The standard InChI is InChI=1S/C13H18N4O2/c1-18-12-4-2-3-5-13(12)19-9-8-17-10-11(6-7-14)15-16-17/h2-5,10H,6-9,14H2,1H3. The average molecular weight is 262 g/mol. The van der Waals surface area contributed by atoms with Gasteiger partial charge in [0.1, 0.15) is 6.61 Å². The molecule has 0 radical (unpaired) electrons. The fraction of sp³-hybridized carbons (Fsp3) is 0.385. The van der Waals surface area contributed by atoms with Crippen LogP contribution in [0.3, 0.4) is 0 Å². The number of nitrogens with two attached hydrogens (primary N) is 1. The molecule has 0 aliphatic carbocycles. The molecule has 0 amide bonds. The summed E-state index contributed by atoms with van der Waals surface area (Å²) in [5.74, 6) is 1.46. The van der Waals surface area contributed by atoms with Gasteiger partial charge in [0.2, 0.25) is 0 Å². The number of ether oxygens (including phenoxy) is 2. The predicted molar refractivity (Wildman–Crippen MR) is 71.3 cm³/mol. The van der Waals surface area contributed by atoms with Crippen LogP contribution in [-0.2, 0) is 13.0 Å². The summed E-state index contributed by atoms with van der Waals surface area (Å²) in [6, 6.07) is 7.55. The van der Waals surface area contributed by atoms with E-state index in [0.29, 0.717) is 19.7 Å². The Bertz CT molecular complexity index is 513. The molecule has 0 aliphatic rings. The van der Waals surface area contributed by atoms with Crippen LogP contribution < -0.4 is 15.2 Å². The fourth-order valence-electron chi connectivity index (χ4n) is 1.70. The molecule has 102 valence electrons. The van der Waals surface area contributed by atoms with Gasteiger partial charge < -0.3 is 15.2 Å². The molecule has 1 heterocycles. The third-order valence-electron chi connectivity index (χ3n) is 2.63. The van der Waals surface area contributed by atoms with Crippen molar-refractivity contribution in [3.63, 3.8) is 0 Å². The molecule has 0 aliphatic heterocycles. The normalized spacial score (nSPS) is 10.4. The van der Waals surface area contributed by atoms with E-state index in [9.17, 15) is 0 Å². The summed E-state index contributed by atoms with van der Waals surface area (Å²) in [7, 11) is 1.62. The lowest BCUT2D eigenvalue weighted by Gasteiger charge is -2.09. The molecule has 0 bridgehead atoms. The van der Waals surface area contributed by atoms with Gasteiger partial charge in [0.15, 0.2) is 11.5 Å². The van der Waals surface area contributed by atoms with Crippen LogP contribution in [0.2, 0.25) is 0 Å². The monoisotopic (exact) mass is 262 g/mol. The quantitative estimate of drug-likeness (QED) is 0.801. The molecule has 2 N–H and O–H groups in total. The van der Waals surface area contributed by atoms with Crippen LogP contribution >= 0.6 is 0 Å². The average Bonchev–Trinajstić information content (AvgIpc) is 2.87. The van der Waals surface area contributed by atoms with E-state index in [1.807, 2.05) is 30.5 Å². The van der Waals surface area contributed by atoms with Gasteiger partial charge in [-0.1, -0.05) is 17.3 Å². The van der Waals surface area contributed by atoms with Gasteiger partial charge in [0.25, 0.3) is 0 Å². The van der Waals surface area contributed by atoms with E-state index in [-0.39, 0.29) is 0 Å². The Kier molecular flexibility index (Phi) is 4.74. The van der Waals surface area contributed by atoms with Gasteiger partial charge in [-0.05, 0) is 18.7 Å². The first kappa shape index (κ1) is 13.4. The molecule has 2 aromatic rings. The number of para-hydroxylation sites is 2. The Morgan fingerprint density at radius 1 is 1.26 bits per heavy atom. The Morgan fingerprint density at radius 3 is 2.79 bits per heavy atom. The molecule has 0 atom stereocenters. The van der Waals surface area contributed by atoms with Crippen LogP contribution in [0.15, 0.2) is 30.5 Å². The molecule has 1 aromatic carbocycles. The first-order chi connectivity index (χ1) is 9.33. The second kappa shape index (κ2) is 6.75. The smallest absolute Gasteiger partial charge is 0.161 e. The number of nitrogens with zero attached hydrogens (tertiary/aromatic N) is 3. The lowest BCUT2D eigenvalue weighted by Crippen LogP contribution is -2.09. The van der Waals surface area contributed by atoms with E-state index in [1.54, 1.807) is 11.8 Å². The van der Waals surface area contributed by atoms with E-state index in [4.69, 9.17) is 15.2 Å². The molecule has 19 heavy (non-hydrogen) atoms. The van der Waals surface area contributed by atoms with Gasteiger partial charge in [0.05, 0.1) is 19.3 Å². The number of methoxy groups -OCH3 is 1. The SMILES string of the molecule is COc1ccccc1OCCn1cc(CCN)nn1. The predicted octanol–water partition coefficient (Wildman–Crippen LogP) is 0.867. The number of hydrogen-bond acceptors (Lipinski definition) is 5. The van der Waals surface area contributed by atoms with E-state index in [1.165, 1.54) is 0 Å². The maximum Gasteiger partial charge on any atom is 0.161 e. The Balaban J connectivity index is 1.85. The Labute approximate surface area is 112 Å². The van der Waals surface area contributed by atoms with E-state index < -0.39 is 0 Å². The van der Waals surface area contributed by atoms with Crippen molar-refractivity contribution in [3.05, 3.63) is 36.2 Å². The highest BCUT2D eigenvalue weighted by molar-refractivity contribution is 5.39.